The predicted molar refractivity (Wildman–Crippen MR) is 121 cm³/mol. The maximum Gasteiger partial charge on any atom is 0.271 e. The smallest absolute Gasteiger partial charge is 0.271 e. The molecule has 7 heteroatoms. The standard InChI is InChI=1S/C24H23ClN2O4/c1-3-30-23-13-18(9-12-22(23)31-16-17-7-10-20(25)11-8-17)15-26-27-24(28)19-5-4-6-21(14-19)29-2/h4-15H,3,16H2,1-2H3,(H,27,28)/b26-15-. The average molecular weight is 439 g/mol. The van der Waals surface area contributed by atoms with Crippen molar-refractivity contribution in [3.63, 3.8) is 0 Å². The summed E-state index contributed by atoms with van der Waals surface area (Å²) in [4.78, 5) is 12.2. The molecule has 0 saturated heterocycles. The highest BCUT2D eigenvalue weighted by atomic mass is 35.5. The van der Waals surface area contributed by atoms with E-state index in [0.717, 1.165) is 11.1 Å². The van der Waals surface area contributed by atoms with Gasteiger partial charge in [-0.2, -0.15) is 5.10 Å². The first-order chi connectivity index (χ1) is 15.1. The SMILES string of the molecule is CCOc1cc(/C=N\NC(=O)c2cccc(OC)c2)ccc1OCc1ccc(Cl)cc1. The van der Waals surface area contributed by atoms with Crippen molar-refractivity contribution < 1.29 is 19.0 Å². The second-order valence-corrected chi connectivity index (χ2v) is 6.92. The monoisotopic (exact) mass is 438 g/mol. The number of benzene rings is 3. The Morgan fingerprint density at radius 3 is 2.58 bits per heavy atom. The summed E-state index contributed by atoms with van der Waals surface area (Å²) < 4.78 is 16.7. The predicted octanol–water partition coefficient (Wildman–Crippen LogP) is 5.09. The fourth-order valence-electron chi connectivity index (χ4n) is 2.73. The van der Waals surface area contributed by atoms with E-state index in [9.17, 15) is 4.79 Å². The van der Waals surface area contributed by atoms with Crippen LogP contribution in [0.25, 0.3) is 0 Å². The van der Waals surface area contributed by atoms with E-state index in [1.165, 1.54) is 0 Å². The molecule has 0 fully saturated rings. The van der Waals surface area contributed by atoms with Gasteiger partial charge in [0, 0.05) is 10.6 Å². The highest BCUT2D eigenvalue weighted by molar-refractivity contribution is 6.30. The summed E-state index contributed by atoms with van der Waals surface area (Å²) in [5.41, 5.74) is 4.72. The number of carbonyl (C=O) groups is 1. The van der Waals surface area contributed by atoms with Crippen LogP contribution in [-0.2, 0) is 6.61 Å². The van der Waals surface area contributed by atoms with E-state index in [-0.39, 0.29) is 5.91 Å². The fourth-order valence-corrected chi connectivity index (χ4v) is 2.85. The van der Waals surface area contributed by atoms with Crippen molar-refractivity contribution in [2.45, 2.75) is 13.5 Å². The van der Waals surface area contributed by atoms with Crippen LogP contribution in [0.5, 0.6) is 17.2 Å². The van der Waals surface area contributed by atoms with Crippen molar-refractivity contribution in [1.29, 1.82) is 0 Å². The maximum atomic E-state index is 12.2. The molecule has 0 bridgehead atoms. The third-order valence-electron chi connectivity index (χ3n) is 4.29. The number of halogens is 1. The number of rotatable bonds is 9. The van der Waals surface area contributed by atoms with E-state index in [4.69, 9.17) is 25.8 Å². The summed E-state index contributed by atoms with van der Waals surface area (Å²) in [5, 5.41) is 4.71. The minimum absolute atomic E-state index is 0.330. The van der Waals surface area contributed by atoms with E-state index >= 15 is 0 Å². The normalized spacial score (nSPS) is 10.7. The Bertz CT molecular complexity index is 1050. The van der Waals surface area contributed by atoms with Gasteiger partial charge in [0.25, 0.3) is 5.91 Å². The van der Waals surface area contributed by atoms with Crippen LogP contribution >= 0.6 is 11.6 Å². The number of carbonyl (C=O) groups excluding carboxylic acids is 1. The van der Waals surface area contributed by atoms with E-state index in [0.29, 0.717) is 41.0 Å². The number of nitrogens with one attached hydrogen (secondary N) is 1. The van der Waals surface area contributed by atoms with Crippen molar-refractivity contribution in [2.24, 2.45) is 5.10 Å². The van der Waals surface area contributed by atoms with Crippen molar-refractivity contribution in [3.8, 4) is 17.2 Å². The lowest BCUT2D eigenvalue weighted by Gasteiger charge is -2.12. The molecule has 0 radical (unpaired) electrons. The molecule has 0 spiro atoms. The summed E-state index contributed by atoms with van der Waals surface area (Å²) in [5.74, 6) is 1.49. The second kappa shape index (κ2) is 11.0. The Hall–Kier alpha value is -3.51. The Morgan fingerprint density at radius 2 is 1.84 bits per heavy atom. The minimum atomic E-state index is -0.330. The van der Waals surface area contributed by atoms with Gasteiger partial charge in [0.1, 0.15) is 12.4 Å². The minimum Gasteiger partial charge on any atom is -0.497 e. The molecule has 0 heterocycles. The molecule has 3 aromatic rings. The highest BCUT2D eigenvalue weighted by Gasteiger charge is 2.08. The molecule has 1 amide bonds. The zero-order chi connectivity index (χ0) is 22.1. The lowest BCUT2D eigenvalue weighted by Crippen LogP contribution is -2.17. The molecule has 6 nitrogen and oxygen atoms in total. The maximum absolute atomic E-state index is 12.2. The Morgan fingerprint density at radius 1 is 1.03 bits per heavy atom. The van der Waals surface area contributed by atoms with Gasteiger partial charge >= 0.3 is 0 Å². The molecule has 0 aliphatic rings. The van der Waals surface area contributed by atoms with E-state index < -0.39 is 0 Å². The fraction of sp³-hybridized carbons (Fsp3) is 0.167. The van der Waals surface area contributed by atoms with E-state index in [2.05, 4.69) is 10.5 Å². The molecule has 0 atom stereocenters. The number of amides is 1. The molecule has 0 unspecified atom stereocenters. The molecule has 0 aromatic heterocycles. The largest absolute Gasteiger partial charge is 0.497 e. The summed E-state index contributed by atoms with van der Waals surface area (Å²) >= 11 is 5.92. The topological polar surface area (TPSA) is 69.2 Å². The zero-order valence-corrected chi connectivity index (χ0v) is 18.1. The van der Waals surface area contributed by atoms with Gasteiger partial charge in [0.2, 0.25) is 0 Å². The number of hydrogen-bond acceptors (Lipinski definition) is 5. The molecule has 160 valence electrons. The van der Waals surface area contributed by atoms with Gasteiger partial charge in [0.05, 0.1) is 19.9 Å². The molecule has 31 heavy (non-hydrogen) atoms. The summed E-state index contributed by atoms with van der Waals surface area (Å²) in [6.07, 6.45) is 1.55. The van der Waals surface area contributed by atoms with Crippen molar-refractivity contribution in [1.82, 2.24) is 5.43 Å². The Labute approximate surface area is 186 Å². The van der Waals surface area contributed by atoms with Crippen molar-refractivity contribution >= 4 is 23.7 Å². The van der Waals surface area contributed by atoms with E-state index in [1.54, 1.807) is 37.6 Å². The second-order valence-electron chi connectivity index (χ2n) is 6.49. The van der Waals surface area contributed by atoms with Crippen molar-refractivity contribution in [3.05, 3.63) is 88.4 Å². The third-order valence-corrected chi connectivity index (χ3v) is 4.54. The molecule has 0 saturated carbocycles. The first-order valence-electron chi connectivity index (χ1n) is 9.70. The Kier molecular flexibility index (Phi) is 7.90. The number of nitrogens with zero attached hydrogens (tertiary/aromatic N) is 1. The number of hydrogen-bond donors (Lipinski definition) is 1. The molecule has 1 N–H and O–H groups in total. The average Bonchev–Trinajstić information content (AvgIpc) is 2.80. The van der Waals surface area contributed by atoms with Crippen LogP contribution in [0.15, 0.2) is 71.8 Å². The highest BCUT2D eigenvalue weighted by Crippen LogP contribution is 2.29. The van der Waals surface area contributed by atoms with E-state index in [1.807, 2.05) is 49.4 Å². The zero-order valence-electron chi connectivity index (χ0n) is 17.3. The molecule has 3 aromatic carbocycles. The van der Waals surface area contributed by atoms with Gasteiger partial charge in [-0.1, -0.05) is 29.8 Å². The first kappa shape index (κ1) is 22.2. The van der Waals surface area contributed by atoms with Crippen LogP contribution < -0.4 is 19.6 Å². The van der Waals surface area contributed by atoms with Gasteiger partial charge in [-0.15, -0.1) is 0 Å². The number of ether oxygens (including phenoxy) is 3. The van der Waals surface area contributed by atoms with Gasteiger partial charge in [-0.25, -0.2) is 5.43 Å². The number of methoxy groups -OCH3 is 1. The summed E-state index contributed by atoms with van der Waals surface area (Å²) in [6.45, 7) is 2.78. The summed E-state index contributed by atoms with van der Waals surface area (Å²) in [6, 6.07) is 19.8. The van der Waals surface area contributed by atoms with Crippen LogP contribution in [0, 0.1) is 0 Å². The molecule has 0 aliphatic heterocycles. The van der Waals surface area contributed by atoms with Gasteiger partial charge in [0.15, 0.2) is 11.5 Å². The number of hydrazone groups is 1. The van der Waals surface area contributed by atoms with Crippen LogP contribution in [-0.4, -0.2) is 25.8 Å². The van der Waals surface area contributed by atoms with Gasteiger partial charge in [-0.3, -0.25) is 4.79 Å². The lowest BCUT2D eigenvalue weighted by atomic mass is 10.2. The quantitative estimate of drug-likeness (QED) is 0.373. The van der Waals surface area contributed by atoms with Crippen molar-refractivity contribution in [2.75, 3.05) is 13.7 Å². The molecular formula is C24H23ClN2O4. The Balaban J connectivity index is 1.65. The van der Waals surface area contributed by atoms with Crippen LogP contribution in [0.1, 0.15) is 28.4 Å². The molecule has 3 rings (SSSR count). The van der Waals surface area contributed by atoms with Crippen LogP contribution in [0.2, 0.25) is 5.02 Å². The lowest BCUT2D eigenvalue weighted by molar-refractivity contribution is 0.0955. The van der Waals surface area contributed by atoms with Crippen LogP contribution in [0.3, 0.4) is 0 Å². The molecular weight excluding hydrogens is 416 g/mol. The summed E-state index contributed by atoms with van der Waals surface area (Å²) in [7, 11) is 1.55. The molecule has 0 aliphatic carbocycles. The van der Waals surface area contributed by atoms with Crippen LogP contribution in [0.4, 0.5) is 0 Å². The van der Waals surface area contributed by atoms with Gasteiger partial charge < -0.3 is 14.2 Å². The van der Waals surface area contributed by atoms with Gasteiger partial charge in [-0.05, 0) is 66.6 Å². The first-order valence-corrected chi connectivity index (χ1v) is 10.1. The third kappa shape index (κ3) is 6.49.